The maximum absolute atomic E-state index is 11.3. The number of rotatable bonds is 7. The third-order valence-electron chi connectivity index (χ3n) is 4.08. The fourth-order valence-corrected chi connectivity index (χ4v) is 3.34. The van der Waals surface area contributed by atoms with Gasteiger partial charge in [-0.25, -0.2) is 0 Å². The van der Waals surface area contributed by atoms with Gasteiger partial charge in [-0.05, 0) is 59.7 Å². The minimum atomic E-state index is -4.15. The number of fused-ring (bicyclic) bond motifs is 1. The Morgan fingerprint density at radius 1 is 0.955 bits per heavy atom. The van der Waals surface area contributed by atoms with Crippen molar-refractivity contribution in [2.75, 3.05) is 0 Å². The molecule has 0 saturated carbocycles. The molecule has 120 valence electrons. The van der Waals surface area contributed by atoms with Gasteiger partial charge in [-0.1, -0.05) is 44.9 Å². The van der Waals surface area contributed by atoms with Crippen LogP contribution in [0.2, 0.25) is 0 Å². The normalized spacial score (nSPS) is 12.0. The average Bonchev–Trinajstić information content (AvgIpc) is 2.49. The first-order valence-corrected chi connectivity index (χ1v) is 9.43. The van der Waals surface area contributed by atoms with E-state index in [9.17, 15) is 13.0 Å². The van der Waals surface area contributed by atoms with Crippen LogP contribution in [0.4, 0.5) is 0 Å². The van der Waals surface area contributed by atoms with Gasteiger partial charge in [0, 0.05) is 0 Å². The Kier molecular flexibility index (Phi) is 5.59. The third kappa shape index (κ3) is 3.87. The number of hydrogen-bond acceptors (Lipinski definition) is 2. The quantitative estimate of drug-likeness (QED) is 0.747. The first-order valence-electron chi connectivity index (χ1n) is 7.99. The van der Waals surface area contributed by atoms with E-state index in [0.29, 0.717) is 0 Å². The van der Waals surface area contributed by atoms with Gasteiger partial charge in [0.15, 0.2) is 0 Å². The first-order chi connectivity index (χ1) is 10.5. The van der Waals surface area contributed by atoms with Gasteiger partial charge in [-0.2, -0.15) is 8.42 Å². The van der Waals surface area contributed by atoms with Gasteiger partial charge >= 0.3 is 0 Å². The van der Waals surface area contributed by atoms with Crippen LogP contribution in [0.1, 0.15) is 50.7 Å². The SMILES string of the molecule is CCCCc1ccc2cc(S(=O)(=O)O)ccc2c1CCCC. The Hall–Kier alpha value is -1.39. The lowest BCUT2D eigenvalue weighted by Gasteiger charge is -2.13. The molecule has 0 radical (unpaired) electrons. The molecule has 0 unspecified atom stereocenters. The van der Waals surface area contributed by atoms with E-state index in [2.05, 4.69) is 19.9 Å². The second-order valence-corrected chi connectivity index (χ2v) is 7.19. The molecule has 2 aromatic carbocycles. The van der Waals surface area contributed by atoms with Crippen LogP contribution < -0.4 is 0 Å². The monoisotopic (exact) mass is 320 g/mol. The summed E-state index contributed by atoms with van der Waals surface area (Å²) in [6.07, 6.45) is 6.65. The third-order valence-corrected chi connectivity index (χ3v) is 4.93. The van der Waals surface area contributed by atoms with E-state index in [-0.39, 0.29) is 4.90 Å². The average molecular weight is 320 g/mol. The molecular weight excluding hydrogens is 296 g/mol. The largest absolute Gasteiger partial charge is 0.294 e. The van der Waals surface area contributed by atoms with E-state index >= 15 is 0 Å². The summed E-state index contributed by atoms with van der Waals surface area (Å²) in [5.41, 5.74) is 2.69. The maximum atomic E-state index is 11.3. The summed E-state index contributed by atoms with van der Waals surface area (Å²) in [6, 6.07) is 8.96. The van der Waals surface area contributed by atoms with Gasteiger partial charge in [-0.3, -0.25) is 4.55 Å². The molecule has 1 N–H and O–H groups in total. The molecule has 0 aromatic heterocycles. The highest BCUT2D eigenvalue weighted by Crippen LogP contribution is 2.27. The second kappa shape index (κ2) is 7.25. The summed E-state index contributed by atoms with van der Waals surface area (Å²) in [5, 5.41) is 1.98. The second-order valence-electron chi connectivity index (χ2n) is 5.77. The lowest BCUT2D eigenvalue weighted by atomic mass is 9.92. The van der Waals surface area contributed by atoms with Gasteiger partial charge in [0.25, 0.3) is 10.1 Å². The van der Waals surface area contributed by atoms with Crippen molar-refractivity contribution in [2.24, 2.45) is 0 Å². The minimum absolute atomic E-state index is 0.0391. The standard InChI is InChI=1S/C18H24O3S/c1-3-5-7-14-9-10-15-13-16(22(19,20)21)11-12-18(15)17(14)8-6-4-2/h9-13H,3-8H2,1-2H3,(H,19,20,21). The number of unbranched alkanes of at least 4 members (excludes halogenated alkanes) is 2. The molecular formula is C18H24O3S. The smallest absolute Gasteiger partial charge is 0.282 e. The summed E-state index contributed by atoms with van der Waals surface area (Å²) in [4.78, 5) is -0.0391. The van der Waals surface area contributed by atoms with Crippen molar-refractivity contribution in [3.63, 3.8) is 0 Å². The van der Waals surface area contributed by atoms with Crippen molar-refractivity contribution in [1.82, 2.24) is 0 Å². The molecule has 0 aliphatic heterocycles. The molecule has 0 spiro atoms. The summed E-state index contributed by atoms with van der Waals surface area (Å²) in [5.74, 6) is 0. The molecule has 2 rings (SSSR count). The van der Waals surface area contributed by atoms with Gasteiger partial charge < -0.3 is 0 Å². The zero-order chi connectivity index (χ0) is 16.2. The molecule has 0 fully saturated rings. The lowest BCUT2D eigenvalue weighted by Crippen LogP contribution is -2.00. The molecule has 0 heterocycles. The topological polar surface area (TPSA) is 54.4 Å². The number of aryl methyl sites for hydroxylation is 2. The molecule has 3 nitrogen and oxygen atoms in total. The molecule has 22 heavy (non-hydrogen) atoms. The highest BCUT2D eigenvalue weighted by Gasteiger charge is 2.13. The van der Waals surface area contributed by atoms with Crippen LogP contribution in [0.5, 0.6) is 0 Å². The summed E-state index contributed by atoms with van der Waals surface area (Å²) >= 11 is 0. The van der Waals surface area contributed by atoms with E-state index in [0.717, 1.165) is 49.3 Å². The molecule has 0 bridgehead atoms. The molecule has 0 atom stereocenters. The van der Waals surface area contributed by atoms with E-state index < -0.39 is 10.1 Å². The highest BCUT2D eigenvalue weighted by atomic mass is 32.2. The Morgan fingerprint density at radius 3 is 2.27 bits per heavy atom. The van der Waals surface area contributed by atoms with Crippen LogP contribution in [0.25, 0.3) is 10.8 Å². The van der Waals surface area contributed by atoms with E-state index in [1.807, 2.05) is 12.1 Å². The van der Waals surface area contributed by atoms with Crippen LogP contribution in [0.15, 0.2) is 35.2 Å². The number of benzene rings is 2. The first kappa shape index (κ1) is 17.0. The molecule has 0 aliphatic carbocycles. The fourth-order valence-electron chi connectivity index (χ4n) is 2.83. The van der Waals surface area contributed by atoms with Crippen molar-refractivity contribution in [3.8, 4) is 0 Å². The van der Waals surface area contributed by atoms with E-state index in [4.69, 9.17) is 0 Å². The van der Waals surface area contributed by atoms with Crippen molar-refractivity contribution in [3.05, 3.63) is 41.5 Å². The van der Waals surface area contributed by atoms with Crippen molar-refractivity contribution in [2.45, 2.75) is 57.3 Å². The van der Waals surface area contributed by atoms with Crippen LogP contribution in [-0.2, 0) is 23.0 Å². The van der Waals surface area contributed by atoms with E-state index in [1.165, 1.54) is 17.2 Å². The summed E-state index contributed by atoms with van der Waals surface area (Å²) in [7, 11) is -4.15. The zero-order valence-corrected chi connectivity index (χ0v) is 14.1. The van der Waals surface area contributed by atoms with Crippen LogP contribution >= 0.6 is 0 Å². The van der Waals surface area contributed by atoms with Gasteiger partial charge in [0.2, 0.25) is 0 Å². The zero-order valence-electron chi connectivity index (χ0n) is 13.3. The molecule has 0 saturated heterocycles. The van der Waals surface area contributed by atoms with Gasteiger partial charge in [0.1, 0.15) is 0 Å². The lowest BCUT2D eigenvalue weighted by molar-refractivity contribution is 0.483. The van der Waals surface area contributed by atoms with Crippen LogP contribution in [-0.4, -0.2) is 13.0 Å². The summed E-state index contributed by atoms with van der Waals surface area (Å²) < 4.78 is 31.8. The van der Waals surface area contributed by atoms with Crippen molar-refractivity contribution in [1.29, 1.82) is 0 Å². The maximum Gasteiger partial charge on any atom is 0.294 e. The molecule has 0 aliphatic rings. The number of hydrogen-bond donors (Lipinski definition) is 1. The summed E-state index contributed by atoms with van der Waals surface area (Å²) in [6.45, 7) is 4.36. The molecule has 2 aromatic rings. The van der Waals surface area contributed by atoms with Crippen molar-refractivity contribution < 1.29 is 13.0 Å². The Labute approximate surface area is 133 Å². The van der Waals surface area contributed by atoms with Crippen molar-refractivity contribution >= 4 is 20.9 Å². The Morgan fingerprint density at radius 2 is 1.64 bits per heavy atom. The van der Waals surface area contributed by atoms with Crippen LogP contribution in [0, 0.1) is 0 Å². The Bertz CT molecular complexity index is 748. The Balaban J connectivity index is 2.54. The predicted molar refractivity (Wildman–Crippen MR) is 91.0 cm³/mol. The van der Waals surface area contributed by atoms with E-state index in [1.54, 1.807) is 6.07 Å². The van der Waals surface area contributed by atoms with Gasteiger partial charge in [-0.15, -0.1) is 0 Å². The van der Waals surface area contributed by atoms with Gasteiger partial charge in [0.05, 0.1) is 4.90 Å². The predicted octanol–water partition coefficient (Wildman–Crippen LogP) is 4.77. The molecule has 4 heteroatoms. The fraction of sp³-hybridized carbons (Fsp3) is 0.444. The minimum Gasteiger partial charge on any atom is -0.282 e. The molecule has 0 amide bonds. The highest BCUT2D eigenvalue weighted by molar-refractivity contribution is 7.85. The van der Waals surface area contributed by atoms with Crippen LogP contribution in [0.3, 0.4) is 0 Å².